The molecule has 9 heteroatoms. The largest absolute Gasteiger partial charge is 0.353 e. The molecule has 0 spiro atoms. The van der Waals surface area contributed by atoms with Crippen molar-refractivity contribution in [2.75, 3.05) is 19.0 Å². The molecule has 0 fully saturated rings. The minimum absolute atomic E-state index is 0.205. The molecule has 1 atom stereocenters. The second-order valence-corrected chi connectivity index (χ2v) is 8.07. The lowest BCUT2D eigenvalue weighted by atomic mass is 9.97. The highest BCUT2D eigenvalue weighted by Crippen LogP contribution is 2.20. The van der Waals surface area contributed by atoms with Gasteiger partial charge in [0.25, 0.3) is 0 Å². The summed E-state index contributed by atoms with van der Waals surface area (Å²) < 4.78 is 21.5. The quantitative estimate of drug-likeness (QED) is 0.826. The fourth-order valence-electron chi connectivity index (χ4n) is 1.44. The third-order valence-corrected chi connectivity index (χ3v) is 4.61. The Balaban J connectivity index is 1.96. The molecule has 2 aromatic rings. The first kappa shape index (κ1) is 16.0. The lowest BCUT2D eigenvalue weighted by Gasteiger charge is -2.10. The van der Waals surface area contributed by atoms with Gasteiger partial charge in [0.1, 0.15) is 0 Å². The minimum Gasteiger partial charge on any atom is -0.353 e. The first-order valence-electron chi connectivity index (χ1n) is 6.43. The third-order valence-electron chi connectivity index (χ3n) is 2.53. The van der Waals surface area contributed by atoms with Gasteiger partial charge in [0.15, 0.2) is 11.6 Å². The molecule has 0 N–H and O–H groups in total. The summed E-state index contributed by atoms with van der Waals surface area (Å²) in [6.45, 7) is 5.97. The molecule has 2 rings (SSSR count). The lowest BCUT2D eigenvalue weighted by Crippen LogP contribution is -2.11. The van der Waals surface area contributed by atoms with E-state index in [4.69, 9.17) is 4.52 Å². The van der Waals surface area contributed by atoms with E-state index in [0.29, 0.717) is 23.3 Å². The van der Waals surface area contributed by atoms with Gasteiger partial charge in [-0.2, -0.15) is 9.36 Å². The molecule has 0 saturated heterocycles. The van der Waals surface area contributed by atoms with Crippen LogP contribution in [0.15, 0.2) is 4.52 Å². The van der Waals surface area contributed by atoms with Crippen molar-refractivity contribution in [2.24, 2.45) is 0 Å². The Kier molecular flexibility index (Phi) is 4.72. The zero-order chi connectivity index (χ0) is 15.6. The van der Waals surface area contributed by atoms with Crippen LogP contribution in [0.4, 0.5) is 5.13 Å². The number of aromatic nitrogens is 4. The lowest BCUT2D eigenvalue weighted by molar-refractivity contribution is 0.319. The van der Waals surface area contributed by atoms with Gasteiger partial charge < -0.3 is 9.42 Å². The molecule has 2 heterocycles. The van der Waals surface area contributed by atoms with E-state index in [2.05, 4.69) is 19.5 Å². The molecular formula is C12H19N5O2S2. The molecule has 0 radical (unpaired) electrons. The fraction of sp³-hybridized carbons (Fsp3) is 0.667. The van der Waals surface area contributed by atoms with Crippen LogP contribution in [-0.2, 0) is 27.7 Å². The Morgan fingerprint density at radius 2 is 1.86 bits per heavy atom. The van der Waals surface area contributed by atoms with Crippen LogP contribution in [0.2, 0.25) is 0 Å². The molecule has 0 amide bonds. The van der Waals surface area contributed by atoms with Crippen LogP contribution >= 0.6 is 11.5 Å². The molecule has 0 saturated carbocycles. The number of nitrogens with zero attached hydrogens (tertiary/aromatic N) is 5. The van der Waals surface area contributed by atoms with Crippen molar-refractivity contribution in [3.8, 4) is 0 Å². The van der Waals surface area contributed by atoms with Gasteiger partial charge in [-0.05, 0) is 0 Å². The normalized spacial score (nSPS) is 13.4. The third kappa shape index (κ3) is 4.31. The van der Waals surface area contributed by atoms with E-state index in [9.17, 15) is 4.21 Å². The van der Waals surface area contributed by atoms with Crippen LogP contribution in [0.25, 0.3) is 0 Å². The molecule has 21 heavy (non-hydrogen) atoms. The standard InChI is InChI=1S/C12H19N5O2S2/c1-12(2,3)10-13-8(15-19-10)6-21(18)7-9-14-11(17(4)5)20-16-9/h6-7H2,1-5H3/t21-/m1/s1. The summed E-state index contributed by atoms with van der Waals surface area (Å²) in [5, 5.41) is 4.67. The van der Waals surface area contributed by atoms with Crippen LogP contribution in [-0.4, -0.2) is 37.8 Å². The van der Waals surface area contributed by atoms with Crippen molar-refractivity contribution >= 4 is 27.5 Å². The Morgan fingerprint density at radius 3 is 2.38 bits per heavy atom. The van der Waals surface area contributed by atoms with Gasteiger partial charge in [-0.15, -0.1) is 0 Å². The van der Waals surface area contributed by atoms with E-state index in [1.165, 1.54) is 11.5 Å². The first-order chi connectivity index (χ1) is 9.75. The van der Waals surface area contributed by atoms with Crippen LogP contribution in [0.5, 0.6) is 0 Å². The van der Waals surface area contributed by atoms with Gasteiger partial charge in [0.2, 0.25) is 11.0 Å². The summed E-state index contributed by atoms with van der Waals surface area (Å²) in [5.74, 6) is 2.14. The monoisotopic (exact) mass is 329 g/mol. The molecule has 0 aromatic carbocycles. The highest BCUT2D eigenvalue weighted by atomic mass is 32.2. The van der Waals surface area contributed by atoms with Gasteiger partial charge in [-0.3, -0.25) is 4.21 Å². The number of hydrogen-bond donors (Lipinski definition) is 0. The van der Waals surface area contributed by atoms with Crippen LogP contribution in [0.1, 0.15) is 38.3 Å². The molecule has 116 valence electrons. The fourth-order valence-corrected chi connectivity index (χ4v) is 3.05. The zero-order valence-electron chi connectivity index (χ0n) is 12.8. The molecule has 0 unspecified atom stereocenters. The van der Waals surface area contributed by atoms with E-state index in [1.54, 1.807) is 0 Å². The van der Waals surface area contributed by atoms with E-state index in [0.717, 1.165) is 5.13 Å². The number of anilines is 1. The summed E-state index contributed by atoms with van der Waals surface area (Å²) >= 11 is 1.29. The van der Waals surface area contributed by atoms with Crippen molar-refractivity contribution < 1.29 is 8.73 Å². The molecular weight excluding hydrogens is 310 g/mol. The van der Waals surface area contributed by atoms with Crippen LogP contribution in [0, 0.1) is 0 Å². The van der Waals surface area contributed by atoms with Crippen molar-refractivity contribution in [1.29, 1.82) is 0 Å². The van der Waals surface area contributed by atoms with Crippen LogP contribution < -0.4 is 4.90 Å². The maximum atomic E-state index is 12.1. The van der Waals surface area contributed by atoms with E-state index >= 15 is 0 Å². The van der Waals surface area contributed by atoms with E-state index in [1.807, 2.05) is 39.8 Å². The average molecular weight is 329 g/mol. The minimum atomic E-state index is -1.16. The molecule has 0 aliphatic carbocycles. The second kappa shape index (κ2) is 6.18. The van der Waals surface area contributed by atoms with Crippen molar-refractivity contribution in [3.63, 3.8) is 0 Å². The summed E-state index contributed by atoms with van der Waals surface area (Å²) in [6, 6.07) is 0. The van der Waals surface area contributed by atoms with Gasteiger partial charge in [-0.1, -0.05) is 25.9 Å². The Bertz CT molecular complexity index is 630. The summed E-state index contributed by atoms with van der Waals surface area (Å²) in [6.07, 6.45) is 0. The Hall–Kier alpha value is -1.35. The number of rotatable bonds is 5. The van der Waals surface area contributed by atoms with Crippen LogP contribution in [0.3, 0.4) is 0 Å². The summed E-state index contributed by atoms with van der Waals surface area (Å²) in [7, 11) is 2.64. The highest BCUT2D eigenvalue weighted by molar-refractivity contribution is 7.83. The van der Waals surface area contributed by atoms with Crippen molar-refractivity contribution in [3.05, 3.63) is 17.5 Å². The Morgan fingerprint density at radius 1 is 1.19 bits per heavy atom. The predicted molar refractivity (Wildman–Crippen MR) is 82.8 cm³/mol. The summed E-state index contributed by atoms with van der Waals surface area (Å²) in [5.41, 5.74) is -0.205. The van der Waals surface area contributed by atoms with Crippen molar-refractivity contribution in [2.45, 2.75) is 37.7 Å². The molecule has 0 aliphatic heterocycles. The maximum absolute atomic E-state index is 12.1. The molecule has 0 aliphatic rings. The molecule has 2 aromatic heterocycles. The van der Waals surface area contributed by atoms with Gasteiger partial charge in [-0.25, -0.2) is 4.98 Å². The number of hydrogen-bond acceptors (Lipinski definition) is 8. The van der Waals surface area contributed by atoms with Gasteiger partial charge in [0, 0.05) is 41.8 Å². The van der Waals surface area contributed by atoms with Gasteiger partial charge in [0.05, 0.1) is 11.5 Å². The topological polar surface area (TPSA) is 85.0 Å². The first-order valence-corrected chi connectivity index (χ1v) is 8.70. The van der Waals surface area contributed by atoms with Gasteiger partial charge >= 0.3 is 0 Å². The predicted octanol–water partition coefficient (Wildman–Crippen LogP) is 1.73. The average Bonchev–Trinajstić information content (AvgIpc) is 2.97. The smallest absolute Gasteiger partial charge is 0.232 e. The highest BCUT2D eigenvalue weighted by Gasteiger charge is 2.22. The van der Waals surface area contributed by atoms with E-state index in [-0.39, 0.29) is 11.2 Å². The van der Waals surface area contributed by atoms with Crippen molar-refractivity contribution in [1.82, 2.24) is 19.5 Å². The SMILES string of the molecule is CN(C)c1nc(C[S@](=O)Cc2noc(C(C)(C)C)n2)ns1. The summed E-state index contributed by atoms with van der Waals surface area (Å²) in [4.78, 5) is 10.5. The Labute approximate surface area is 130 Å². The maximum Gasteiger partial charge on any atom is 0.232 e. The zero-order valence-corrected chi connectivity index (χ0v) is 14.4. The second-order valence-electron chi connectivity index (χ2n) is 5.88. The molecule has 0 bridgehead atoms. The van der Waals surface area contributed by atoms with E-state index < -0.39 is 10.8 Å². The molecule has 7 nitrogen and oxygen atoms in total.